The topological polar surface area (TPSA) is 35.6 Å². The van der Waals surface area contributed by atoms with Crippen LogP contribution in [0.5, 0.6) is 0 Å². The largest absolute Gasteiger partial charge is 0.335 e. The molecule has 17 heavy (non-hydrogen) atoms. The molecule has 0 aromatic heterocycles. The van der Waals surface area contributed by atoms with E-state index in [0.717, 1.165) is 19.6 Å². The molecule has 1 fully saturated rings. The summed E-state index contributed by atoms with van der Waals surface area (Å²) in [6.07, 6.45) is 0. The van der Waals surface area contributed by atoms with Gasteiger partial charge in [0.2, 0.25) is 5.91 Å². The molecule has 4 heteroatoms. The van der Waals surface area contributed by atoms with Crippen molar-refractivity contribution in [3.05, 3.63) is 0 Å². The molecular weight excluding hydrogens is 214 g/mol. The number of likely N-dealkylation sites (N-methyl/N-ethyl adjacent to an activating group) is 1. The van der Waals surface area contributed by atoms with Crippen LogP contribution in [0.3, 0.4) is 0 Å². The third-order valence-corrected chi connectivity index (χ3v) is 3.50. The molecule has 100 valence electrons. The molecule has 0 aromatic carbocycles. The van der Waals surface area contributed by atoms with Crippen molar-refractivity contribution in [2.75, 3.05) is 33.2 Å². The Bertz CT molecular complexity index is 281. The van der Waals surface area contributed by atoms with Crippen LogP contribution in [0.15, 0.2) is 0 Å². The molecule has 1 N–H and O–H groups in total. The van der Waals surface area contributed by atoms with Gasteiger partial charge in [-0.25, -0.2) is 0 Å². The molecule has 0 saturated carbocycles. The van der Waals surface area contributed by atoms with Crippen LogP contribution >= 0.6 is 0 Å². The molecule has 1 rings (SSSR count). The Morgan fingerprint density at radius 2 is 1.76 bits per heavy atom. The Hall–Kier alpha value is -0.610. The summed E-state index contributed by atoms with van der Waals surface area (Å²) in [6, 6.07) is 0. The number of hydrogen-bond acceptors (Lipinski definition) is 3. The van der Waals surface area contributed by atoms with Gasteiger partial charge < -0.3 is 10.2 Å². The lowest BCUT2D eigenvalue weighted by Gasteiger charge is -2.47. The molecule has 0 bridgehead atoms. The minimum atomic E-state index is -0.0592. The number of rotatable bonds is 3. The summed E-state index contributed by atoms with van der Waals surface area (Å²) >= 11 is 0. The number of piperazine rings is 1. The highest BCUT2D eigenvalue weighted by atomic mass is 16.2. The molecular formula is C13H27N3O. The van der Waals surface area contributed by atoms with Crippen LogP contribution < -0.4 is 5.32 Å². The van der Waals surface area contributed by atoms with E-state index >= 15 is 0 Å². The van der Waals surface area contributed by atoms with E-state index in [0.29, 0.717) is 6.54 Å². The normalized spacial score (nSPS) is 19.9. The van der Waals surface area contributed by atoms with E-state index in [2.05, 4.69) is 44.8 Å². The zero-order valence-electron chi connectivity index (χ0n) is 12.1. The number of carbonyl (C=O) groups excluding carboxylic acids is 1. The number of hydrogen-bond donors (Lipinski definition) is 1. The summed E-state index contributed by atoms with van der Waals surface area (Å²) in [4.78, 5) is 16.4. The molecule has 0 aliphatic carbocycles. The van der Waals surface area contributed by atoms with Crippen LogP contribution in [0.2, 0.25) is 0 Å². The average molecular weight is 241 g/mol. The van der Waals surface area contributed by atoms with Crippen molar-refractivity contribution in [1.29, 1.82) is 0 Å². The standard InChI is InChI=1S/C13H27N3O/c1-12(2,3)16-8-7-15(9-11(16)17)13(4,5)10-14-6/h14H,7-10H2,1-6H3. The predicted molar refractivity (Wildman–Crippen MR) is 71.0 cm³/mol. The highest BCUT2D eigenvalue weighted by molar-refractivity contribution is 5.79. The van der Waals surface area contributed by atoms with Crippen molar-refractivity contribution in [1.82, 2.24) is 15.1 Å². The number of nitrogens with zero attached hydrogens (tertiary/aromatic N) is 2. The second-order valence-corrected chi connectivity index (χ2v) is 6.48. The highest BCUT2D eigenvalue weighted by Gasteiger charge is 2.36. The van der Waals surface area contributed by atoms with Crippen LogP contribution in [0.4, 0.5) is 0 Å². The Morgan fingerprint density at radius 1 is 1.18 bits per heavy atom. The number of carbonyl (C=O) groups is 1. The smallest absolute Gasteiger partial charge is 0.237 e. The monoisotopic (exact) mass is 241 g/mol. The van der Waals surface area contributed by atoms with Gasteiger partial charge in [-0.3, -0.25) is 9.69 Å². The summed E-state index contributed by atoms with van der Waals surface area (Å²) < 4.78 is 0. The number of nitrogens with one attached hydrogen (secondary N) is 1. The summed E-state index contributed by atoms with van der Waals surface area (Å²) in [5.74, 6) is 0.243. The Balaban J connectivity index is 2.67. The van der Waals surface area contributed by atoms with Gasteiger partial charge in [-0.1, -0.05) is 0 Å². The van der Waals surface area contributed by atoms with Gasteiger partial charge in [0.1, 0.15) is 0 Å². The fourth-order valence-corrected chi connectivity index (χ4v) is 2.44. The van der Waals surface area contributed by atoms with E-state index in [1.54, 1.807) is 0 Å². The van der Waals surface area contributed by atoms with Crippen molar-refractivity contribution in [3.63, 3.8) is 0 Å². The Morgan fingerprint density at radius 3 is 2.18 bits per heavy atom. The quantitative estimate of drug-likeness (QED) is 0.798. The maximum Gasteiger partial charge on any atom is 0.237 e. The first-order valence-corrected chi connectivity index (χ1v) is 6.38. The average Bonchev–Trinajstić information content (AvgIpc) is 2.15. The summed E-state index contributed by atoms with van der Waals surface area (Å²) in [7, 11) is 1.95. The van der Waals surface area contributed by atoms with Gasteiger partial charge >= 0.3 is 0 Å². The molecule has 0 radical (unpaired) electrons. The predicted octanol–water partition coefficient (Wildman–Crippen LogP) is 0.927. The summed E-state index contributed by atoms with van der Waals surface area (Å²) in [5, 5.41) is 3.19. The minimum absolute atomic E-state index is 0.0361. The fraction of sp³-hybridized carbons (Fsp3) is 0.923. The highest BCUT2D eigenvalue weighted by Crippen LogP contribution is 2.21. The Kier molecular flexibility index (Phi) is 4.20. The molecule has 4 nitrogen and oxygen atoms in total. The second-order valence-electron chi connectivity index (χ2n) is 6.48. The van der Waals surface area contributed by atoms with Gasteiger partial charge in [0.25, 0.3) is 0 Å². The van der Waals surface area contributed by atoms with Gasteiger partial charge in [0.15, 0.2) is 0 Å². The van der Waals surface area contributed by atoms with Crippen molar-refractivity contribution in [2.45, 2.75) is 45.7 Å². The number of amides is 1. The SMILES string of the molecule is CNCC(C)(C)N1CCN(C(C)(C)C)C(=O)C1. The molecule has 1 amide bonds. The van der Waals surface area contributed by atoms with Crippen molar-refractivity contribution >= 4 is 5.91 Å². The van der Waals surface area contributed by atoms with E-state index < -0.39 is 0 Å². The lowest BCUT2D eigenvalue weighted by Crippen LogP contribution is -2.62. The molecule has 0 unspecified atom stereocenters. The minimum Gasteiger partial charge on any atom is -0.335 e. The van der Waals surface area contributed by atoms with E-state index in [1.165, 1.54) is 0 Å². The first-order chi connectivity index (χ1) is 7.68. The molecule has 0 aromatic rings. The van der Waals surface area contributed by atoms with Crippen molar-refractivity contribution in [2.24, 2.45) is 0 Å². The maximum atomic E-state index is 12.2. The summed E-state index contributed by atoms with van der Waals surface area (Å²) in [5.41, 5.74) is -0.0231. The lowest BCUT2D eigenvalue weighted by molar-refractivity contribution is -0.144. The Labute approximate surface area is 105 Å². The third kappa shape index (κ3) is 3.42. The van der Waals surface area contributed by atoms with Crippen LogP contribution in [-0.4, -0.2) is 60.0 Å². The molecule has 1 heterocycles. The van der Waals surface area contributed by atoms with Crippen molar-refractivity contribution < 1.29 is 4.79 Å². The van der Waals surface area contributed by atoms with Gasteiger partial charge in [0, 0.05) is 30.7 Å². The van der Waals surface area contributed by atoms with E-state index in [-0.39, 0.29) is 17.0 Å². The van der Waals surface area contributed by atoms with Gasteiger partial charge in [-0.15, -0.1) is 0 Å². The molecule has 0 atom stereocenters. The third-order valence-electron chi connectivity index (χ3n) is 3.50. The van der Waals surface area contributed by atoms with Crippen LogP contribution in [-0.2, 0) is 4.79 Å². The van der Waals surface area contributed by atoms with Crippen molar-refractivity contribution in [3.8, 4) is 0 Å². The van der Waals surface area contributed by atoms with Crippen LogP contribution in [0.1, 0.15) is 34.6 Å². The molecule has 1 saturated heterocycles. The van der Waals surface area contributed by atoms with Crippen LogP contribution in [0, 0.1) is 0 Å². The van der Waals surface area contributed by atoms with E-state index in [1.807, 2.05) is 11.9 Å². The molecule has 1 aliphatic rings. The summed E-state index contributed by atoms with van der Waals surface area (Å²) in [6.45, 7) is 13.9. The van der Waals surface area contributed by atoms with Crippen LogP contribution in [0.25, 0.3) is 0 Å². The van der Waals surface area contributed by atoms with Gasteiger partial charge in [-0.05, 0) is 41.7 Å². The first-order valence-electron chi connectivity index (χ1n) is 6.38. The first kappa shape index (κ1) is 14.5. The molecule has 0 spiro atoms. The lowest BCUT2D eigenvalue weighted by atomic mass is 9.99. The van der Waals surface area contributed by atoms with E-state index in [4.69, 9.17) is 0 Å². The zero-order valence-corrected chi connectivity index (χ0v) is 12.1. The van der Waals surface area contributed by atoms with Gasteiger partial charge in [-0.2, -0.15) is 0 Å². The second kappa shape index (κ2) is 4.94. The maximum absolute atomic E-state index is 12.2. The zero-order chi connectivity index (χ0) is 13.3. The van der Waals surface area contributed by atoms with Gasteiger partial charge in [0.05, 0.1) is 6.54 Å². The van der Waals surface area contributed by atoms with E-state index in [9.17, 15) is 4.79 Å². The molecule has 1 aliphatic heterocycles. The fourth-order valence-electron chi connectivity index (χ4n) is 2.44.